The fourth-order valence-corrected chi connectivity index (χ4v) is 13.6. The second-order valence-corrected chi connectivity index (χ2v) is 19.6. The molecule has 2 aliphatic rings. The predicted molar refractivity (Wildman–Crippen MR) is 218 cm³/mol. The molecule has 4 aromatic carbocycles. The number of carbonyl (C=O) groups is 2. The van der Waals surface area contributed by atoms with Crippen molar-refractivity contribution in [1.29, 1.82) is 0 Å². The molecule has 3 atom stereocenters. The molecule has 298 valence electrons. The van der Waals surface area contributed by atoms with Gasteiger partial charge in [-0.3, -0.25) is 9.59 Å². The molecule has 0 aromatic heterocycles. The summed E-state index contributed by atoms with van der Waals surface area (Å²) in [5.74, 6) is 2.60. The minimum Gasteiger partial charge on any atom is -0.496 e. The van der Waals surface area contributed by atoms with Crippen LogP contribution in [0.3, 0.4) is 0 Å². The summed E-state index contributed by atoms with van der Waals surface area (Å²) in [6, 6.07) is 19.9. The molecule has 0 radical (unpaired) electrons. The maximum absolute atomic E-state index is 15.2. The first kappa shape index (κ1) is 40.5. The van der Waals surface area contributed by atoms with Gasteiger partial charge in [0.05, 0.1) is 55.3 Å². The van der Waals surface area contributed by atoms with Gasteiger partial charge >= 0.3 is 0 Å². The average Bonchev–Trinajstić information content (AvgIpc) is 3.19. The molecule has 4 aromatic rings. The molecule has 2 amide bonds. The Kier molecular flexibility index (Phi) is 11.6. The summed E-state index contributed by atoms with van der Waals surface area (Å²) < 4.78 is 42.9. The summed E-state index contributed by atoms with van der Waals surface area (Å²) in [6.45, 7) is 10.5. The van der Waals surface area contributed by atoms with E-state index < -0.39 is 26.4 Å². The van der Waals surface area contributed by atoms with Gasteiger partial charge in [-0.05, 0) is 35.3 Å². The number of ether oxygens (including phenoxy) is 6. The highest BCUT2D eigenvalue weighted by molar-refractivity contribution is 6.99. The zero-order chi connectivity index (χ0) is 40.5. The van der Waals surface area contributed by atoms with Crippen LogP contribution in [-0.2, 0) is 26.9 Å². The Labute approximate surface area is 331 Å². The van der Waals surface area contributed by atoms with Gasteiger partial charge in [0.15, 0.2) is 23.0 Å². The lowest BCUT2D eigenvalue weighted by molar-refractivity contribution is -0.154. The van der Waals surface area contributed by atoms with Crippen LogP contribution >= 0.6 is 0 Å². The van der Waals surface area contributed by atoms with E-state index in [4.69, 9.17) is 32.8 Å². The summed E-state index contributed by atoms with van der Waals surface area (Å²) in [5, 5.41) is 4.90. The number of fused-ring (bicyclic) bond motifs is 2. The topological polar surface area (TPSA) is 114 Å². The number of methoxy groups -OCH3 is 6. The van der Waals surface area contributed by atoms with E-state index in [9.17, 15) is 4.79 Å². The second-order valence-electron chi connectivity index (χ2n) is 15.3. The lowest BCUT2D eigenvalue weighted by atomic mass is 9.82. The van der Waals surface area contributed by atoms with Crippen molar-refractivity contribution >= 4 is 30.5 Å². The molecule has 1 fully saturated rings. The third-order valence-electron chi connectivity index (χ3n) is 11.3. The van der Waals surface area contributed by atoms with E-state index in [0.717, 1.165) is 27.1 Å². The number of carbonyl (C=O) groups excluding carboxylic acids is 2. The standard InChI is InChI=1S/C44H54N2O9Si/c1-26-37(50-7)28(23-35(49-6)39(26)52-9)22-32-43(48)46-33(42(47)45-32)24-31-36(41(54-11)40(53-10)27(2)38(31)51-8)34(46)25-55-56(44(3,4)5,29-18-14-12-15-19-29)30-20-16-13-17-21-30/h12-21,23,32-34H,22,24-25H2,1-11H3,(H,45,47)/t32-,33+,34-/m1/s1. The highest BCUT2D eigenvalue weighted by Gasteiger charge is 2.54. The van der Waals surface area contributed by atoms with Crippen LogP contribution in [0.4, 0.5) is 0 Å². The van der Waals surface area contributed by atoms with Crippen LogP contribution in [-0.4, -0.2) is 86.4 Å². The molecule has 0 aliphatic carbocycles. The third-order valence-corrected chi connectivity index (χ3v) is 16.4. The normalized spacial score (nSPS) is 18.1. The number of nitrogens with zero attached hydrogens (tertiary/aromatic N) is 1. The van der Waals surface area contributed by atoms with E-state index in [-0.39, 0.29) is 36.3 Å². The largest absolute Gasteiger partial charge is 0.496 e. The fourth-order valence-electron chi connectivity index (χ4n) is 8.99. The quantitative estimate of drug-likeness (QED) is 0.177. The van der Waals surface area contributed by atoms with Gasteiger partial charge < -0.3 is 43.1 Å². The smallest absolute Gasteiger partial charge is 0.261 e. The number of benzene rings is 4. The van der Waals surface area contributed by atoms with Gasteiger partial charge in [0.1, 0.15) is 23.6 Å². The zero-order valence-electron chi connectivity index (χ0n) is 34.3. The molecule has 2 heterocycles. The van der Waals surface area contributed by atoms with Gasteiger partial charge in [-0.25, -0.2) is 0 Å². The van der Waals surface area contributed by atoms with E-state index in [2.05, 4.69) is 50.4 Å². The first-order valence-corrected chi connectivity index (χ1v) is 20.7. The number of hydrogen-bond donors (Lipinski definition) is 1. The number of piperazine rings is 1. The van der Waals surface area contributed by atoms with Crippen molar-refractivity contribution in [2.24, 2.45) is 0 Å². The van der Waals surface area contributed by atoms with Crippen molar-refractivity contribution in [3.8, 4) is 34.5 Å². The molecule has 1 saturated heterocycles. The van der Waals surface area contributed by atoms with E-state index >= 15 is 4.79 Å². The molecule has 2 aliphatic heterocycles. The number of amides is 2. The van der Waals surface area contributed by atoms with Crippen LogP contribution in [0.5, 0.6) is 34.5 Å². The fraction of sp³-hybridized carbons (Fsp3) is 0.409. The molecular formula is C44H54N2O9Si. The molecule has 0 unspecified atom stereocenters. The van der Waals surface area contributed by atoms with Gasteiger partial charge in [-0.2, -0.15) is 0 Å². The molecule has 56 heavy (non-hydrogen) atoms. The van der Waals surface area contributed by atoms with E-state index in [1.54, 1.807) is 53.6 Å². The Morgan fingerprint density at radius 1 is 0.714 bits per heavy atom. The molecule has 0 saturated carbocycles. The van der Waals surface area contributed by atoms with E-state index in [0.29, 0.717) is 45.6 Å². The average molecular weight is 783 g/mol. The van der Waals surface area contributed by atoms with Gasteiger partial charge in [0.25, 0.3) is 8.32 Å². The van der Waals surface area contributed by atoms with Crippen LogP contribution < -0.4 is 44.1 Å². The predicted octanol–water partition coefficient (Wildman–Crippen LogP) is 5.47. The minimum atomic E-state index is -3.13. The monoisotopic (exact) mass is 782 g/mol. The van der Waals surface area contributed by atoms with Crippen LogP contribution in [0.25, 0.3) is 0 Å². The first-order valence-electron chi connectivity index (χ1n) is 18.8. The lowest BCUT2D eigenvalue weighted by Crippen LogP contribution is -2.69. The van der Waals surface area contributed by atoms with Crippen LogP contribution in [0, 0.1) is 13.8 Å². The van der Waals surface area contributed by atoms with Crippen molar-refractivity contribution in [1.82, 2.24) is 10.2 Å². The maximum Gasteiger partial charge on any atom is 0.261 e. The molecule has 0 bridgehead atoms. The maximum atomic E-state index is 15.2. The van der Waals surface area contributed by atoms with Crippen LogP contribution in [0.2, 0.25) is 5.04 Å². The van der Waals surface area contributed by atoms with Gasteiger partial charge in [-0.15, -0.1) is 0 Å². The number of rotatable bonds is 13. The van der Waals surface area contributed by atoms with E-state index in [1.807, 2.05) is 50.2 Å². The summed E-state index contributed by atoms with van der Waals surface area (Å²) in [6.07, 6.45) is 0.351. The third kappa shape index (κ3) is 6.62. The SMILES string of the molecule is COc1cc(C[C@H]2NC(=O)[C@@H]3Cc4c(OC)c(C)c(OC)c(OC)c4[C@@H](CO[Si](c4ccccc4)(c4ccccc4)C(C)(C)C)N3C2=O)c(OC)c(C)c1OC. The zero-order valence-corrected chi connectivity index (χ0v) is 35.3. The summed E-state index contributed by atoms with van der Waals surface area (Å²) in [4.78, 5) is 31.3. The summed E-state index contributed by atoms with van der Waals surface area (Å²) in [5.41, 5.74) is 3.62. The first-order chi connectivity index (χ1) is 26.8. The van der Waals surface area contributed by atoms with Crippen molar-refractivity contribution in [2.45, 2.75) is 70.6 Å². The van der Waals surface area contributed by atoms with Crippen molar-refractivity contribution in [3.05, 3.63) is 94.5 Å². The number of nitrogens with one attached hydrogen (secondary N) is 1. The van der Waals surface area contributed by atoms with E-state index in [1.165, 1.54) is 0 Å². The Hall–Kier alpha value is -5.20. The summed E-state index contributed by atoms with van der Waals surface area (Å²) >= 11 is 0. The van der Waals surface area contributed by atoms with Crippen LogP contribution in [0.1, 0.15) is 54.6 Å². The van der Waals surface area contributed by atoms with Gasteiger partial charge in [0.2, 0.25) is 11.8 Å². The molecule has 6 rings (SSSR count). The second kappa shape index (κ2) is 16.1. The Morgan fingerprint density at radius 2 is 1.25 bits per heavy atom. The van der Waals surface area contributed by atoms with Gasteiger partial charge in [0, 0.05) is 40.7 Å². The van der Waals surface area contributed by atoms with Crippen LogP contribution in [0.15, 0.2) is 66.7 Å². The van der Waals surface area contributed by atoms with Crippen molar-refractivity contribution in [2.75, 3.05) is 49.3 Å². The Bertz CT molecular complexity index is 2050. The molecule has 11 nitrogen and oxygen atoms in total. The highest BCUT2D eigenvalue weighted by atomic mass is 28.4. The van der Waals surface area contributed by atoms with Crippen molar-refractivity contribution in [3.63, 3.8) is 0 Å². The molecular weight excluding hydrogens is 729 g/mol. The molecule has 1 N–H and O–H groups in total. The highest BCUT2D eigenvalue weighted by Crippen LogP contribution is 2.52. The van der Waals surface area contributed by atoms with Gasteiger partial charge in [-0.1, -0.05) is 81.4 Å². The summed E-state index contributed by atoms with van der Waals surface area (Å²) in [7, 11) is 6.36. The minimum absolute atomic E-state index is 0.0625. The Morgan fingerprint density at radius 3 is 1.75 bits per heavy atom. The lowest BCUT2D eigenvalue weighted by Gasteiger charge is -2.50. The molecule has 0 spiro atoms. The van der Waals surface area contributed by atoms with Crippen molar-refractivity contribution < 1.29 is 42.4 Å². The molecule has 12 heteroatoms. The number of hydrogen-bond acceptors (Lipinski definition) is 9. The Balaban J connectivity index is 1.55.